The van der Waals surface area contributed by atoms with Gasteiger partial charge in [0.25, 0.3) is 0 Å². The minimum absolute atomic E-state index is 0.0408. The maximum atomic E-state index is 11.1. The van der Waals surface area contributed by atoms with Gasteiger partial charge in [0.15, 0.2) is 0 Å². The number of methoxy groups -OCH3 is 1. The number of hydrogen-bond acceptors (Lipinski definition) is 3. The van der Waals surface area contributed by atoms with Crippen LogP contribution in [0.1, 0.15) is 23.6 Å². The molecule has 0 saturated carbocycles. The number of nitrogens with one attached hydrogen (secondary N) is 1. The van der Waals surface area contributed by atoms with Crippen LogP contribution in [0.5, 0.6) is 5.75 Å². The van der Waals surface area contributed by atoms with E-state index in [0.29, 0.717) is 6.54 Å². The van der Waals surface area contributed by atoms with Crippen LogP contribution >= 0.6 is 0 Å². The van der Waals surface area contributed by atoms with Crippen LogP contribution in [0, 0.1) is 0 Å². The molecule has 0 aliphatic heterocycles. The first-order valence-electron chi connectivity index (χ1n) is 6.82. The molecule has 0 amide bonds. The molecule has 0 fully saturated rings. The summed E-state index contributed by atoms with van der Waals surface area (Å²) in [5.74, 6) is -0.0245. The number of benzene rings is 2. The summed E-state index contributed by atoms with van der Waals surface area (Å²) >= 11 is 0. The van der Waals surface area contributed by atoms with Crippen LogP contribution in [-0.2, 0) is 11.3 Å². The van der Waals surface area contributed by atoms with Crippen LogP contribution < -0.4 is 10.1 Å². The second-order valence-electron chi connectivity index (χ2n) is 4.75. The molecule has 0 spiro atoms. The van der Waals surface area contributed by atoms with Crippen LogP contribution in [0.25, 0.3) is 0 Å². The van der Waals surface area contributed by atoms with Crippen LogP contribution in [0.2, 0.25) is 0 Å². The number of carboxylic acids is 1. The summed E-state index contributed by atoms with van der Waals surface area (Å²) in [7, 11) is 1.63. The highest BCUT2D eigenvalue weighted by Gasteiger charge is 2.15. The molecule has 0 bridgehead atoms. The zero-order chi connectivity index (χ0) is 15.1. The van der Waals surface area contributed by atoms with Crippen LogP contribution in [0.15, 0.2) is 54.6 Å². The van der Waals surface area contributed by atoms with Gasteiger partial charge in [0.2, 0.25) is 0 Å². The molecule has 0 aliphatic carbocycles. The molecule has 1 atom stereocenters. The molecule has 0 aromatic heterocycles. The second kappa shape index (κ2) is 7.45. The number of carbonyl (C=O) groups is 1. The Kier molecular flexibility index (Phi) is 5.35. The van der Waals surface area contributed by atoms with Gasteiger partial charge in [0, 0.05) is 18.2 Å². The molecular formula is C17H19NO3. The number of carboxylic acid groups (broad SMARTS) is 1. The quantitative estimate of drug-likeness (QED) is 0.821. The van der Waals surface area contributed by atoms with E-state index in [-0.39, 0.29) is 12.5 Å². The first kappa shape index (κ1) is 15.1. The molecule has 2 N–H and O–H groups in total. The van der Waals surface area contributed by atoms with Crippen molar-refractivity contribution < 1.29 is 14.6 Å². The van der Waals surface area contributed by atoms with Gasteiger partial charge in [-0.05, 0) is 11.6 Å². The summed E-state index contributed by atoms with van der Waals surface area (Å²) in [6.07, 6.45) is 0.0408. The molecule has 2 aromatic rings. The van der Waals surface area contributed by atoms with Crippen molar-refractivity contribution in [2.75, 3.05) is 7.11 Å². The van der Waals surface area contributed by atoms with Crippen LogP contribution in [0.4, 0.5) is 0 Å². The summed E-state index contributed by atoms with van der Waals surface area (Å²) in [6.45, 7) is 0.552. The van der Waals surface area contributed by atoms with Gasteiger partial charge in [-0.1, -0.05) is 48.5 Å². The van der Waals surface area contributed by atoms with Crippen molar-refractivity contribution >= 4 is 5.97 Å². The Morgan fingerprint density at radius 1 is 1.14 bits per heavy atom. The highest BCUT2D eigenvalue weighted by atomic mass is 16.5. The lowest BCUT2D eigenvalue weighted by Gasteiger charge is -2.18. The zero-order valence-electron chi connectivity index (χ0n) is 12.0. The van der Waals surface area contributed by atoms with Gasteiger partial charge in [0.1, 0.15) is 5.75 Å². The average molecular weight is 285 g/mol. The fraction of sp³-hybridized carbons (Fsp3) is 0.235. The molecule has 0 radical (unpaired) electrons. The topological polar surface area (TPSA) is 58.6 Å². The number of rotatable bonds is 7. The van der Waals surface area contributed by atoms with Gasteiger partial charge in [0.05, 0.1) is 13.5 Å². The van der Waals surface area contributed by atoms with Gasteiger partial charge < -0.3 is 15.2 Å². The van der Waals surface area contributed by atoms with Crippen molar-refractivity contribution in [2.24, 2.45) is 0 Å². The minimum atomic E-state index is -0.823. The van der Waals surface area contributed by atoms with Crippen molar-refractivity contribution in [1.82, 2.24) is 5.32 Å². The molecule has 2 rings (SSSR count). The first-order chi connectivity index (χ1) is 10.2. The second-order valence-corrected chi connectivity index (χ2v) is 4.75. The van der Waals surface area contributed by atoms with E-state index in [1.165, 1.54) is 0 Å². The lowest BCUT2D eigenvalue weighted by atomic mass is 10.0. The maximum Gasteiger partial charge on any atom is 0.305 e. The predicted molar refractivity (Wildman–Crippen MR) is 81.3 cm³/mol. The van der Waals surface area contributed by atoms with Crippen molar-refractivity contribution in [3.8, 4) is 5.75 Å². The van der Waals surface area contributed by atoms with E-state index in [4.69, 9.17) is 9.84 Å². The van der Waals surface area contributed by atoms with Gasteiger partial charge in [-0.25, -0.2) is 0 Å². The highest BCUT2D eigenvalue weighted by Crippen LogP contribution is 2.21. The lowest BCUT2D eigenvalue weighted by Crippen LogP contribution is -2.23. The molecule has 2 aromatic carbocycles. The Bertz CT molecular complexity index is 584. The Balaban J connectivity index is 2.11. The van der Waals surface area contributed by atoms with Gasteiger partial charge >= 0.3 is 5.97 Å². The highest BCUT2D eigenvalue weighted by molar-refractivity contribution is 5.67. The van der Waals surface area contributed by atoms with Gasteiger partial charge in [-0.15, -0.1) is 0 Å². The number of para-hydroxylation sites is 1. The minimum Gasteiger partial charge on any atom is -0.496 e. The SMILES string of the molecule is COc1ccccc1CN[C@H](CC(=O)O)c1ccccc1. The Morgan fingerprint density at radius 2 is 1.81 bits per heavy atom. The monoisotopic (exact) mass is 285 g/mol. The number of hydrogen-bond donors (Lipinski definition) is 2. The van der Waals surface area contributed by atoms with Crippen molar-refractivity contribution in [2.45, 2.75) is 19.0 Å². The molecule has 4 heteroatoms. The summed E-state index contributed by atoms with van der Waals surface area (Å²) < 4.78 is 5.31. The Labute approximate surface area is 124 Å². The molecule has 0 aliphatic rings. The molecular weight excluding hydrogens is 266 g/mol. The Hall–Kier alpha value is -2.33. The summed E-state index contributed by atoms with van der Waals surface area (Å²) in [5.41, 5.74) is 1.97. The smallest absolute Gasteiger partial charge is 0.305 e. The largest absolute Gasteiger partial charge is 0.496 e. The van der Waals surface area contributed by atoms with E-state index >= 15 is 0 Å². The fourth-order valence-electron chi connectivity index (χ4n) is 2.25. The number of ether oxygens (including phenoxy) is 1. The van der Waals surface area contributed by atoms with Crippen LogP contribution in [-0.4, -0.2) is 18.2 Å². The van der Waals surface area contributed by atoms with E-state index in [1.807, 2.05) is 54.6 Å². The molecule has 0 heterocycles. The number of aliphatic carboxylic acids is 1. The van der Waals surface area contributed by atoms with E-state index in [2.05, 4.69) is 5.32 Å². The van der Waals surface area contributed by atoms with E-state index < -0.39 is 5.97 Å². The molecule has 21 heavy (non-hydrogen) atoms. The fourth-order valence-corrected chi connectivity index (χ4v) is 2.25. The average Bonchev–Trinajstić information content (AvgIpc) is 2.52. The van der Waals surface area contributed by atoms with E-state index in [1.54, 1.807) is 7.11 Å². The standard InChI is InChI=1S/C17H19NO3/c1-21-16-10-6-5-9-14(16)12-18-15(11-17(19)20)13-7-3-2-4-8-13/h2-10,15,18H,11-12H2,1H3,(H,19,20)/t15-/m1/s1. The molecule has 0 unspecified atom stereocenters. The van der Waals surface area contributed by atoms with Crippen molar-refractivity contribution in [1.29, 1.82) is 0 Å². The third-order valence-corrected chi connectivity index (χ3v) is 3.31. The summed E-state index contributed by atoms with van der Waals surface area (Å²) in [5, 5.41) is 12.4. The van der Waals surface area contributed by atoms with Crippen LogP contribution in [0.3, 0.4) is 0 Å². The molecule has 110 valence electrons. The summed E-state index contributed by atoms with van der Waals surface area (Å²) in [6, 6.07) is 17.1. The predicted octanol–water partition coefficient (Wildman–Crippen LogP) is 3.00. The van der Waals surface area contributed by atoms with E-state index in [0.717, 1.165) is 16.9 Å². The van der Waals surface area contributed by atoms with Crippen molar-refractivity contribution in [3.05, 3.63) is 65.7 Å². The van der Waals surface area contributed by atoms with Gasteiger partial charge in [-0.2, -0.15) is 0 Å². The van der Waals surface area contributed by atoms with E-state index in [9.17, 15) is 4.79 Å². The molecule has 0 saturated heterocycles. The third kappa shape index (κ3) is 4.33. The Morgan fingerprint density at radius 3 is 2.48 bits per heavy atom. The van der Waals surface area contributed by atoms with Gasteiger partial charge in [-0.3, -0.25) is 4.79 Å². The van der Waals surface area contributed by atoms with Crippen molar-refractivity contribution in [3.63, 3.8) is 0 Å². The summed E-state index contributed by atoms with van der Waals surface area (Å²) in [4.78, 5) is 11.1. The molecule has 4 nitrogen and oxygen atoms in total. The third-order valence-electron chi connectivity index (χ3n) is 3.31. The maximum absolute atomic E-state index is 11.1. The first-order valence-corrected chi connectivity index (χ1v) is 6.82. The lowest BCUT2D eigenvalue weighted by molar-refractivity contribution is -0.137. The zero-order valence-corrected chi connectivity index (χ0v) is 12.0. The normalized spacial score (nSPS) is 11.9.